The SMILES string of the molecule is N#Cc1cc(NCc2ccccc2F)ccc1N. The molecule has 90 valence electrons. The van der Waals surface area contributed by atoms with Gasteiger partial charge < -0.3 is 11.1 Å². The van der Waals surface area contributed by atoms with E-state index >= 15 is 0 Å². The summed E-state index contributed by atoms with van der Waals surface area (Å²) in [5.41, 5.74) is 7.79. The molecular formula is C14H12FN3. The van der Waals surface area contributed by atoms with Crippen molar-refractivity contribution in [2.75, 3.05) is 11.1 Å². The summed E-state index contributed by atoms with van der Waals surface area (Å²) in [6, 6.07) is 13.6. The van der Waals surface area contributed by atoms with E-state index in [0.717, 1.165) is 5.69 Å². The summed E-state index contributed by atoms with van der Waals surface area (Å²) in [7, 11) is 0. The minimum Gasteiger partial charge on any atom is -0.398 e. The van der Waals surface area contributed by atoms with Crippen molar-refractivity contribution in [2.24, 2.45) is 0 Å². The van der Waals surface area contributed by atoms with Crippen molar-refractivity contribution in [3.05, 3.63) is 59.4 Å². The molecule has 0 atom stereocenters. The fourth-order valence-electron chi connectivity index (χ4n) is 1.60. The smallest absolute Gasteiger partial charge is 0.128 e. The van der Waals surface area contributed by atoms with Gasteiger partial charge in [0.2, 0.25) is 0 Å². The predicted molar refractivity (Wildman–Crippen MR) is 69.3 cm³/mol. The van der Waals surface area contributed by atoms with E-state index in [2.05, 4.69) is 5.32 Å². The first-order chi connectivity index (χ1) is 8.70. The third kappa shape index (κ3) is 2.58. The molecule has 0 aromatic heterocycles. The summed E-state index contributed by atoms with van der Waals surface area (Å²) in [5.74, 6) is -0.249. The monoisotopic (exact) mass is 241 g/mol. The van der Waals surface area contributed by atoms with Gasteiger partial charge in [-0.15, -0.1) is 0 Å². The largest absolute Gasteiger partial charge is 0.398 e. The summed E-state index contributed by atoms with van der Waals surface area (Å²) < 4.78 is 13.4. The van der Waals surface area contributed by atoms with Gasteiger partial charge in [-0.2, -0.15) is 5.26 Å². The number of nitrogens with two attached hydrogens (primary N) is 1. The van der Waals surface area contributed by atoms with Crippen LogP contribution >= 0.6 is 0 Å². The molecule has 0 fully saturated rings. The topological polar surface area (TPSA) is 61.8 Å². The maximum atomic E-state index is 13.4. The van der Waals surface area contributed by atoms with Gasteiger partial charge in [-0.05, 0) is 24.3 Å². The number of hydrogen-bond acceptors (Lipinski definition) is 3. The Balaban J connectivity index is 2.12. The van der Waals surface area contributed by atoms with Gasteiger partial charge in [-0.3, -0.25) is 0 Å². The van der Waals surface area contributed by atoms with Gasteiger partial charge in [0.25, 0.3) is 0 Å². The standard InChI is InChI=1S/C14H12FN3/c15-13-4-2-1-3-10(13)9-18-12-5-6-14(17)11(7-12)8-16/h1-7,18H,9,17H2. The maximum Gasteiger partial charge on any atom is 0.128 e. The Labute approximate surface area is 105 Å². The lowest BCUT2D eigenvalue weighted by Crippen LogP contribution is -2.02. The van der Waals surface area contributed by atoms with E-state index in [-0.39, 0.29) is 5.82 Å². The van der Waals surface area contributed by atoms with E-state index in [1.165, 1.54) is 6.07 Å². The molecule has 0 saturated carbocycles. The highest BCUT2D eigenvalue weighted by Gasteiger charge is 2.02. The Hall–Kier alpha value is -2.54. The Morgan fingerprint density at radius 3 is 2.72 bits per heavy atom. The third-order valence-electron chi connectivity index (χ3n) is 2.61. The number of nitriles is 1. The van der Waals surface area contributed by atoms with E-state index in [1.807, 2.05) is 6.07 Å². The van der Waals surface area contributed by atoms with E-state index in [4.69, 9.17) is 11.0 Å². The van der Waals surface area contributed by atoms with Crippen LogP contribution < -0.4 is 11.1 Å². The molecule has 3 N–H and O–H groups in total. The first-order valence-corrected chi connectivity index (χ1v) is 5.47. The van der Waals surface area contributed by atoms with Crippen molar-refractivity contribution >= 4 is 11.4 Å². The number of nitrogens with zero attached hydrogens (tertiary/aromatic N) is 1. The van der Waals surface area contributed by atoms with Crippen molar-refractivity contribution in [3.63, 3.8) is 0 Å². The number of rotatable bonds is 3. The highest BCUT2D eigenvalue weighted by molar-refractivity contribution is 5.61. The number of nitrogens with one attached hydrogen (secondary N) is 1. The van der Waals surface area contributed by atoms with Crippen LogP contribution in [0.1, 0.15) is 11.1 Å². The molecule has 2 rings (SSSR count). The second-order valence-electron chi connectivity index (χ2n) is 3.86. The highest BCUT2D eigenvalue weighted by atomic mass is 19.1. The van der Waals surface area contributed by atoms with E-state index < -0.39 is 0 Å². The lowest BCUT2D eigenvalue weighted by atomic mass is 10.1. The second-order valence-corrected chi connectivity index (χ2v) is 3.86. The highest BCUT2D eigenvalue weighted by Crippen LogP contribution is 2.18. The van der Waals surface area contributed by atoms with Crippen LogP contribution in [0.2, 0.25) is 0 Å². The molecule has 0 saturated heterocycles. The zero-order valence-electron chi connectivity index (χ0n) is 9.65. The molecule has 2 aromatic rings. The lowest BCUT2D eigenvalue weighted by molar-refractivity contribution is 0.613. The molecule has 2 aromatic carbocycles. The van der Waals surface area contributed by atoms with Gasteiger partial charge in [0.1, 0.15) is 11.9 Å². The van der Waals surface area contributed by atoms with E-state index in [9.17, 15) is 4.39 Å². The lowest BCUT2D eigenvalue weighted by Gasteiger charge is -2.08. The fraction of sp³-hybridized carbons (Fsp3) is 0.0714. The second kappa shape index (κ2) is 5.19. The summed E-state index contributed by atoms with van der Waals surface area (Å²) >= 11 is 0. The van der Waals surface area contributed by atoms with Gasteiger partial charge in [-0.25, -0.2) is 4.39 Å². The van der Waals surface area contributed by atoms with Gasteiger partial charge in [0.05, 0.1) is 5.56 Å². The predicted octanol–water partition coefficient (Wildman–Crippen LogP) is 2.89. The Morgan fingerprint density at radius 1 is 1.22 bits per heavy atom. The first kappa shape index (κ1) is 11.9. The van der Waals surface area contributed by atoms with Crippen LogP contribution in [0, 0.1) is 17.1 Å². The molecule has 0 spiro atoms. The fourth-order valence-corrected chi connectivity index (χ4v) is 1.60. The summed E-state index contributed by atoms with van der Waals surface area (Å²) in [6.07, 6.45) is 0. The molecule has 0 bridgehead atoms. The Kier molecular flexibility index (Phi) is 3.44. The van der Waals surface area contributed by atoms with Gasteiger partial charge in [0.15, 0.2) is 0 Å². The van der Waals surface area contributed by atoms with Crippen LogP contribution in [0.4, 0.5) is 15.8 Å². The minimum absolute atomic E-state index is 0.249. The number of hydrogen-bond donors (Lipinski definition) is 2. The summed E-state index contributed by atoms with van der Waals surface area (Å²) in [6.45, 7) is 0.363. The maximum absolute atomic E-state index is 13.4. The van der Waals surface area contributed by atoms with Crippen LogP contribution in [0.5, 0.6) is 0 Å². The molecule has 18 heavy (non-hydrogen) atoms. The molecular weight excluding hydrogens is 229 g/mol. The first-order valence-electron chi connectivity index (χ1n) is 5.47. The van der Waals surface area contributed by atoms with Crippen molar-refractivity contribution in [1.82, 2.24) is 0 Å². The molecule has 0 unspecified atom stereocenters. The van der Waals surface area contributed by atoms with Crippen molar-refractivity contribution < 1.29 is 4.39 Å². The molecule has 0 aliphatic rings. The van der Waals surface area contributed by atoms with Gasteiger partial charge in [-0.1, -0.05) is 18.2 Å². The third-order valence-corrected chi connectivity index (χ3v) is 2.61. The van der Waals surface area contributed by atoms with E-state index in [1.54, 1.807) is 36.4 Å². The van der Waals surface area contributed by atoms with Crippen LogP contribution in [-0.2, 0) is 6.54 Å². The zero-order chi connectivity index (χ0) is 13.0. The average molecular weight is 241 g/mol. The van der Waals surface area contributed by atoms with Crippen LogP contribution in [-0.4, -0.2) is 0 Å². The molecule has 0 aliphatic heterocycles. The number of halogens is 1. The van der Waals surface area contributed by atoms with Crippen LogP contribution in [0.3, 0.4) is 0 Å². The molecule has 0 heterocycles. The summed E-state index contributed by atoms with van der Waals surface area (Å²) in [4.78, 5) is 0. The van der Waals surface area contributed by atoms with E-state index in [0.29, 0.717) is 23.4 Å². The molecule has 3 nitrogen and oxygen atoms in total. The van der Waals surface area contributed by atoms with Crippen LogP contribution in [0.15, 0.2) is 42.5 Å². The molecule has 4 heteroatoms. The minimum atomic E-state index is -0.249. The van der Waals surface area contributed by atoms with Crippen molar-refractivity contribution in [3.8, 4) is 6.07 Å². The quantitative estimate of drug-likeness (QED) is 0.812. The molecule has 0 aliphatic carbocycles. The van der Waals surface area contributed by atoms with Crippen molar-refractivity contribution in [2.45, 2.75) is 6.54 Å². The van der Waals surface area contributed by atoms with Gasteiger partial charge >= 0.3 is 0 Å². The molecule has 0 amide bonds. The van der Waals surface area contributed by atoms with Gasteiger partial charge in [0, 0.05) is 23.5 Å². The Bertz CT molecular complexity index is 602. The number of anilines is 2. The number of nitrogen functional groups attached to an aromatic ring is 1. The van der Waals surface area contributed by atoms with Crippen LogP contribution in [0.25, 0.3) is 0 Å². The normalized spacial score (nSPS) is 9.78. The molecule has 0 radical (unpaired) electrons. The Morgan fingerprint density at radius 2 is 2.00 bits per heavy atom. The summed E-state index contributed by atoms with van der Waals surface area (Å²) in [5, 5.41) is 11.9. The zero-order valence-corrected chi connectivity index (χ0v) is 9.65. The average Bonchev–Trinajstić information content (AvgIpc) is 2.39. The van der Waals surface area contributed by atoms with Crippen molar-refractivity contribution in [1.29, 1.82) is 5.26 Å². The number of benzene rings is 2.